The normalized spacial score (nSPS) is 15.3. The van der Waals surface area contributed by atoms with Crippen LogP contribution in [0, 0.1) is 0 Å². The van der Waals surface area contributed by atoms with Crippen LogP contribution in [0.1, 0.15) is 17.3 Å². The second kappa shape index (κ2) is 4.86. The smallest absolute Gasteiger partial charge is 0.161 e. The fourth-order valence-electron chi connectivity index (χ4n) is 2.18. The van der Waals surface area contributed by atoms with Gasteiger partial charge in [0.05, 0.1) is 22.4 Å². The molecule has 0 saturated heterocycles. The van der Waals surface area contributed by atoms with Crippen LogP contribution in [0.2, 0.25) is 0 Å². The van der Waals surface area contributed by atoms with Crippen molar-refractivity contribution < 1.29 is 9.47 Å². The highest BCUT2D eigenvalue weighted by Crippen LogP contribution is 2.34. The molecule has 0 amide bonds. The Morgan fingerprint density at radius 2 is 2.05 bits per heavy atom. The molecule has 2 heterocycles. The molecule has 3 rings (SSSR count). The van der Waals surface area contributed by atoms with E-state index in [1.807, 2.05) is 25.2 Å². The van der Waals surface area contributed by atoms with Gasteiger partial charge in [-0.15, -0.1) is 0 Å². The fourth-order valence-corrected chi connectivity index (χ4v) is 2.78. The molecule has 0 spiro atoms. The molecule has 1 aliphatic heterocycles. The number of aromatic nitrogens is 2. The van der Waals surface area contributed by atoms with Crippen molar-refractivity contribution >= 4 is 15.9 Å². The van der Waals surface area contributed by atoms with Crippen molar-refractivity contribution in [2.24, 2.45) is 12.8 Å². The maximum atomic E-state index is 6.31. The minimum Gasteiger partial charge on any atom is -0.486 e. The molecule has 1 atom stereocenters. The highest BCUT2D eigenvalue weighted by Gasteiger charge is 2.19. The van der Waals surface area contributed by atoms with Crippen molar-refractivity contribution in [3.8, 4) is 11.5 Å². The standard InChI is InChI=1S/C13H14BrN3O2/c1-17-13(9(14)7-16-17)12(15)8-2-3-10-11(6-8)19-5-4-18-10/h2-3,6-7,12H,4-5,15H2,1H3. The second-order valence-corrected chi connectivity index (χ2v) is 5.24. The summed E-state index contributed by atoms with van der Waals surface area (Å²) in [6.07, 6.45) is 1.74. The van der Waals surface area contributed by atoms with E-state index in [1.54, 1.807) is 10.9 Å². The van der Waals surface area contributed by atoms with Gasteiger partial charge in [-0.25, -0.2) is 0 Å². The molecule has 2 aromatic rings. The first kappa shape index (κ1) is 12.5. The van der Waals surface area contributed by atoms with E-state index in [0.29, 0.717) is 13.2 Å². The third-order valence-corrected chi connectivity index (χ3v) is 3.77. The summed E-state index contributed by atoms with van der Waals surface area (Å²) < 4.78 is 13.8. The zero-order valence-corrected chi connectivity index (χ0v) is 12.1. The van der Waals surface area contributed by atoms with Crippen LogP contribution in [0.25, 0.3) is 0 Å². The Labute approximate surface area is 119 Å². The number of aryl methyl sites for hydroxylation is 1. The summed E-state index contributed by atoms with van der Waals surface area (Å²) in [5, 5.41) is 4.18. The summed E-state index contributed by atoms with van der Waals surface area (Å²) >= 11 is 3.47. The second-order valence-electron chi connectivity index (χ2n) is 4.38. The average Bonchev–Trinajstić information content (AvgIpc) is 2.77. The van der Waals surface area contributed by atoms with Gasteiger partial charge in [0, 0.05) is 7.05 Å². The molecule has 5 nitrogen and oxygen atoms in total. The maximum Gasteiger partial charge on any atom is 0.161 e. The summed E-state index contributed by atoms with van der Waals surface area (Å²) in [6.45, 7) is 1.16. The first-order chi connectivity index (χ1) is 9.16. The number of nitrogens with two attached hydrogens (primary N) is 1. The number of nitrogens with zero attached hydrogens (tertiary/aromatic N) is 2. The number of hydrogen-bond acceptors (Lipinski definition) is 4. The lowest BCUT2D eigenvalue weighted by Gasteiger charge is -2.20. The van der Waals surface area contributed by atoms with E-state index in [0.717, 1.165) is 27.2 Å². The van der Waals surface area contributed by atoms with Crippen molar-refractivity contribution in [1.29, 1.82) is 0 Å². The predicted octanol–water partition coefficient (Wildman–Crippen LogP) is 2.00. The van der Waals surface area contributed by atoms with E-state index in [9.17, 15) is 0 Å². The van der Waals surface area contributed by atoms with E-state index in [4.69, 9.17) is 15.2 Å². The first-order valence-electron chi connectivity index (χ1n) is 5.99. The monoisotopic (exact) mass is 323 g/mol. The fraction of sp³-hybridized carbons (Fsp3) is 0.308. The molecule has 0 aliphatic carbocycles. The lowest BCUT2D eigenvalue weighted by Crippen LogP contribution is -2.19. The molecular formula is C13H14BrN3O2. The molecule has 1 unspecified atom stereocenters. The van der Waals surface area contributed by atoms with Gasteiger partial charge in [-0.2, -0.15) is 5.10 Å². The summed E-state index contributed by atoms with van der Waals surface area (Å²) in [7, 11) is 1.87. The van der Waals surface area contributed by atoms with Gasteiger partial charge in [-0.05, 0) is 33.6 Å². The summed E-state index contributed by atoms with van der Waals surface area (Å²) in [5.41, 5.74) is 8.20. The van der Waals surface area contributed by atoms with E-state index in [1.165, 1.54) is 0 Å². The SMILES string of the molecule is Cn1ncc(Br)c1C(N)c1ccc2c(c1)OCCO2. The Morgan fingerprint density at radius 1 is 1.32 bits per heavy atom. The lowest BCUT2D eigenvalue weighted by molar-refractivity contribution is 0.171. The highest BCUT2D eigenvalue weighted by atomic mass is 79.9. The molecule has 19 heavy (non-hydrogen) atoms. The number of rotatable bonds is 2. The van der Waals surface area contributed by atoms with Crippen molar-refractivity contribution in [2.45, 2.75) is 6.04 Å². The summed E-state index contributed by atoms with van der Waals surface area (Å²) in [5.74, 6) is 1.52. The molecule has 100 valence electrons. The van der Waals surface area contributed by atoms with Crippen molar-refractivity contribution in [1.82, 2.24) is 9.78 Å². The Balaban J connectivity index is 1.98. The van der Waals surface area contributed by atoms with Gasteiger partial charge >= 0.3 is 0 Å². The first-order valence-corrected chi connectivity index (χ1v) is 6.78. The number of hydrogen-bond donors (Lipinski definition) is 1. The van der Waals surface area contributed by atoms with Crippen LogP contribution < -0.4 is 15.2 Å². The van der Waals surface area contributed by atoms with Crippen molar-refractivity contribution in [3.05, 3.63) is 40.1 Å². The zero-order chi connectivity index (χ0) is 13.4. The van der Waals surface area contributed by atoms with E-state index < -0.39 is 0 Å². The maximum absolute atomic E-state index is 6.31. The van der Waals surface area contributed by atoms with Gasteiger partial charge in [0.15, 0.2) is 11.5 Å². The van der Waals surface area contributed by atoms with Gasteiger partial charge in [0.2, 0.25) is 0 Å². The predicted molar refractivity (Wildman–Crippen MR) is 74.4 cm³/mol. The Bertz CT molecular complexity index is 592. The van der Waals surface area contributed by atoms with Crippen LogP contribution in [-0.2, 0) is 7.05 Å². The highest BCUT2D eigenvalue weighted by molar-refractivity contribution is 9.10. The van der Waals surface area contributed by atoms with E-state index in [2.05, 4.69) is 21.0 Å². The van der Waals surface area contributed by atoms with Crippen LogP contribution in [0.4, 0.5) is 0 Å². The Kier molecular flexibility index (Phi) is 3.20. The minimum atomic E-state index is -0.266. The van der Waals surface area contributed by atoms with E-state index >= 15 is 0 Å². The summed E-state index contributed by atoms with van der Waals surface area (Å²) in [6, 6.07) is 5.52. The van der Waals surface area contributed by atoms with Gasteiger partial charge in [-0.1, -0.05) is 6.07 Å². The summed E-state index contributed by atoms with van der Waals surface area (Å²) in [4.78, 5) is 0. The molecule has 1 aromatic carbocycles. The number of ether oxygens (including phenoxy) is 2. The topological polar surface area (TPSA) is 62.3 Å². The third-order valence-electron chi connectivity index (χ3n) is 3.16. The molecular weight excluding hydrogens is 310 g/mol. The number of halogens is 1. The quantitative estimate of drug-likeness (QED) is 0.918. The lowest BCUT2D eigenvalue weighted by atomic mass is 10.0. The third kappa shape index (κ3) is 2.21. The van der Waals surface area contributed by atoms with Gasteiger partial charge in [0.25, 0.3) is 0 Å². The van der Waals surface area contributed by atoms with Crippen LogP contribution in [0.15, 0.2) is 28.9 Å². The van der Waals surface area contributed by atoms with Crippen LogP contribution in [0.5, 0.6) is 11.5 Å². The van der Waals surface area contributed by atoms with Gasteiger partial charge in [0.1, 0.15) is 13.2 Å². The average molecular weight is 324 g/mol. The zero-order valence-electron chi connectivity index (χ0n) is 10.5. The molecule has 0 fully saturated rings. The Hall–Kier alpha value is -1.53. The van der Waals surface area contributed by atoms with Gasteiger partial charge < -0.3 is 15.2 Å². The van der Waals surface area contributed by atoms with Crippen LogP contribution in [-0.4, -0.2) is 23.0 Å². The molecule has 0 bridgehead atoms. The van der Waals surface area contributed by atoms with Crippen LogP contribution >= 0.6 is 15.9 Å². The Morgan fingerprint density at radius 3 is 2.74 bits per heavy atom. The minimum absolute atomic E-state index is 0.266. The van der Waals surface area contributed by atoms with E-state index in [-0.39, 0.29) is 6.04 Å². The largest absolute Gasteiger partial charge is 0.486 e. The van der Waals surface area contributed by atoms with Crippen molar-refractivity contribution in [2.75, 3.05) is 13.2 Å². The van der Waals surface area contributed by atoms with Crippen molar-refractivity contribution in [3.63, 3.8) is 0 Å². The molecule has 0 radical (unpaired) electrons. The number of benzene rings is 1. The molecule has 0 saturated carbocycles. The molecule has 1 aliphatic rings. The number of fused-ring (bicyclic) bond motifs is 1. The molecule has 2 N–H and O–H groups in total. The van der Waals surface area contributed by atoms with Crippen LogP contribution in [0.3, 0.4) is 0 Å². The molecule has 6 heteroatoms. The molecule has 1 aromatic heterocycles. The van der Waals surface area contributed by atoms with Gasteiger partial charge in [-0.3, -0.25) is 4.68 Å².